The number of carbonyl (C=O) groups is 1. The van der Waals surface area contributed by atoms with Gasteiger partial charge in [0.05, 0.1) is 7.11 Å². The van der Waals surface area contributed by atoms with E-state index in [2.05, 4.69) is 11.7 Å². The van der Waals surface area contributed by atoms with Crippen LogP contribution in [0.5, 0.6) is 11.5 Å². The molecule has 1 fully saturated rings. The van der Waals surface area contributed by atoms with E-state index in [0.717, 1.165) is 12.8 Å². The highest BCUT2D eigenvalue weighted by Crippen LogP contribution is 2.31. The van der Waals surface area contributed by atoms with Gasteiger partial charge in [-0.2, -0.15) is 8.78 Å². The first kappa shape index (κ1) is 17.5. The van der Waals surface area contributed by atoms with Crippen LogP contribution in [0, 0.1) is 5.92 Å². The SMILES string of the molecule is COc1cc(C(=O)N2CCC(C)CC2CN)ccc1OC(F)F. The molecule has 0 aliphatic carbocycles. The van der Waals surface area contributed by atoms with Gasteiger partial charge in [0.2, 0.25) is 0 Å². The monoisotopic (exact) mass is 328 g/mol. The fourth-order valence-corrected chi connectivity index (χ4v) is 2.90. The minimum absolute atomic E-state index is 0.00534. The first-order valence-electron chi connectivity index (χ1n) is 7.60. The van der Waals surface area contributed by atoms with Gasteiger partial charge in [-0.15, -0.1) is 0 Å². The Morgan fingerprint density at radius 3 is 2.78 bits per heavy atom. The first-order chi connectivity index (χ1) is 11.0. The number of benzene rings is 1. The molecule has 7 heteroatoms. The fraction of sp³-hybridized carbons (Fsp3) is 0.562. The lowest BCUT2D eigenvalue weighted by atomic mass is 9.92. The Morgan fingerprint density at radius 1 is 1.43 bits per heavy atom. The Bertz CT molecular complexity index is 554. The van der Waals surface area contributed by atoms with Gasteiger partial charge >= 0.3 is 6.61 Å². The minimum Gasteiger partial charge on any atom is -0.493 e. The van der Waals surface area contributed by atoms with Crippen LogP contribution in [0.4, 0.5) is 8.78 Å². The summed E-state index contributed by atoms with van der Waals surface area (Å²) in [6.45, 7) is 0.235. The van der Waals surface area contributed by atoms with E-state index in [1.54, 1.807) is 4.90 Å². The van der Waals surface area contributed by atoms with Gasteiger partial charge in [-0.05, 0) is 37.0 Å². The van der Waals surface area contributed by atoms with Crippen LogP contribution in [0.2, 0.25) is 0 Å². The van der Waals surface area contributed by atoms with Crippen molar-refractivity contribution in [3.05, 3.63) is 23.8 Å². The second-order valence-corrected chi connectivity index (χ2v) is 5.76. The fourth-order valence-electron chi connectivity index (χ4n) is 2.90. The number of carbonyl (C=O) groups excluding carboxylic acids is 1. The summed E-state index contributed by atoms with van der Waals surface area (Å²) in [4.78, 5) is 14.5. The van der Waals surface area contributed by atoms with Crippen molar-refractivity contribution in [3.8, 4) is 11.5 Å². The normalized spacial score (nSPS) is 21.4. The molecule has 2 N–H and O–H groups in total. The maximum Gasteiger partial charge on any atom is 0.387 e. The molecule has 1 aliphatic rings. The van der Waals surface area contributed by atoms with Gasteiger partial charge in [0.1, 0.15) is 0 Å². The predicted molar refractivity (Wildman–Crippen MR) is 81.9 cm³/mol. The molecule has 2 unspecified atom stereocenters. The third-order valence-electron chi connectivity index (χ3n) is 4.14. The number of methoxy groups -OCH3 is 1. The number of amides is 1. The molecule has 2 atom stereocenters. The number of nitrogens with zero attached hydrogens (tertiary/aromatic N) is 1. The Hall–Kier alpha value is -1.89. The Labute approximate surface area is 134 Å². The van der Waals surface area contributed by atoms with E-state index < -0.39 is 6.61 Å². The molecule has 0 bridgehead atoms. The number of ether oxygens (including phenoxy) is 2. The smallest absolute Gasteiger partial charge is 0.387 e. The third kappa shape index (κ3) is 4.10. The number of likely N-dealkylation sites (tertiary alicyclic amines) is 1. The van der Waals surface area contributed by atoms with Gasteiger partial charge in [0.25, 0.3) is 5.91 Å². The van der Waals surface area contributed by atoms with Crippen molar-refractivity contribution in [3.63, 3.8) is 0 Å². The average molecular weight is 328 g/mol. The number of alkyl halides is 2. The van der Waals surface area contributed by atoms with Crippen LogP contribution in [0.1, 0.15) is 30.1 Å². The highest BCUT2D eigenvalue weighted by molar-refractivity contribution is 5.95. The zero-order valence-corrected chi connectivity index (χ0v) is 13.3. The van der Waals surface area contributed by atoms with E-state index in [9.17, 15) is 13.6 Å². The molecule has 0 aromatic heterocycles. The lowest BCUT2D eigenvalue weighted by Gasteiger charge is -2.38. The molecule has 128 valence electrons. The summed E-state index contributed by atoms with van der Waals surface area (Å²) in [6.07, 6.45) is 1.79. The van der Waals surface area contributed by atoms with Crippen LogP contribution < -0.4 is 15.2 Å². The minimum atomic E-state index is -2.95. The van der Waals surface area contributed by atoms with Crippen molar-refractivity contribution in [1.29, 1.82) is 0 Å². The van der Waals surface area contributed by atoms with E-state index in [1.165, 1.54) is 25.3 Å². The predicted octanol–water partition coefficient (Wildman–Crippen LogP) is 2.50. The highest BCUT2D eigenvalue weighted by Gasteiger charge is 2.30. The van der Waals surface area contributed by atoms with Crippen molar-refractivity contribution in [2.24, 2.45) is 11.7 Å². The molecule has 1 aliphatic heterocycles. The summed E-state index contributed by atoms with van der Waals surface area (Å²) in [5.41, 5.74) is 6.16. The lowest BCUT2D eigenvalue weighted by molar-refractivity contribution is -0.0512. The van der Waals surface area contributed by atoms with E-state index >= 15 is 0 Å². The van der Waals surface area contributed by atoms with Crippen molar-refractivity contribution in [2.45, 2.75) is 32.4 Å². The molecular weight excluding hydrogens is 306 g/mol. The molecule has 5 nitrogen and oxygen atoms in total. The zero-order chi connectivity index (χ0) is 17.0. The number of nitrogens with two attached hydrogens (primary N) is 1. The summed E-state index contributed by atoms with van der Waals surface area (Å²) in [5.74, 6) is 0.366. The third-order valence-corrected chi connectivity index (χ3v) is 4.14. The van der Waals surface area contributed by atoms with Crippen LogP contribution in [-0.2, 0) is 0 Å². The molecule has 1 aromatic carbocycles. The van der Waals surface area contributed by atoms with Gasteiger partial charge in [0.15, 0.2) is 11.5 Å². The van der Waals surface area contributed by atoms with Crippen LogP contribution >= 0.6 is 0 Å². The number of piperidine rings is 1. The Balaban J connectivity index is 2.21. The molecule has 0 spiro atoms. The van der Waals surface area contributed by atoms with Gasteiger partial charge in [-0.25, -0.2) is 0 Å². The Morgan fingerprint density at radius 2 is 2.17 bits per heavy atom. The Kier molecular flexibility index (Phi) is 5.76. The average Bonchev–Trinajstić information content (AvgIpc) is 2.53. The molecule has 23 heavy (non-hydrogen) atoms. The number of rotatable bonds is 5. The van der Waals surface area contributed by atoms with Crippen molar-refractivity contribution >= 4 is 5.91 Å². The second kappa shape index (κ2) is 7.59. The van der Waals surface area contributed by atoms with Gasteiger partial charge in [-0.3, -0.25) is 4.79 Å². The number of hydrogen-bond acceptors (Lipinski definition) is 4. The summed E-state index contributed by atoms with van der Waals surface area (Å²) in [6, 6.07) is 4.21. The summed E-state index contributed by atoms with van der Waals surface area (Å²) in [5, 5.41) is 0. The number of halogens is 2. The van der Waals surface area contributed by atoms with E-state index in [1.807, 2.05) is 0 Å². The molecule has 0 radical (unpaired) electrons. The molecular formula is C16H22F2N2O3. The van der Waals surface area contributed by atoms with Crippen molar-refractivity contribution in [1.82, 2.24) is 4.90 Å². The van der Waals surface area contributed by atoms with Crippen molar-refractivity contribution in [2.75, 3.05) is 20.2 Å². The van der Waals surface area contributed by atoms with Crippen LogP contribution in [0.3, 0.4) is 0 Å². The highest BCUT2D eigenvalue weighted by atomic mass is 19.3. The summed E-state index contributed by atoms with van der Waals surface area (Å²) >= 11 is 0. The lowest BCUT2D eigenvalue weighted by Crippen LogP contribution is -2.49. The van der Waals surface area contributed by atoms with E-state index in [0.29, 0.717) is 24.6 Å². The van der Waals surface area contributed by atoms with E-state index in [-0.39, 0.29) is 23.4 Å². The van der Waals surface area contributed by atoms with Crippen LogP contribution in [-0.4, -0.2) is 43.7 Å². The zero-order valence-electron chi connectivity index (χ0n) is 13.3. The van der Waals surface area contributed by atoms with Crippen molar-refractivity contribution < 1.29 is 23.0 Å². The molecule has 1 heterocycles. The molecule has 1 saturated heterocycles. The molecule has 0 saturated carbocycles. The molecule has 1 aromatic rings. The summed E-state index contributed by atoms with van der Waals surface area (Å²) in [7, 11) is 1.34. The topological polar surface area (TPSA) is 64.8 Å². The number of hydrogen-bond donors (Lipinski definition) is 1. The largest absolute Gasteiger partial charge is 0.493 e. The first-order valence-corrected chi connectivity index (χ1v) is 7.60. The van der Waals surface area contributed by atoms with Gasteiger partial charge in [-0.1, -0.05) is 6.92 Å². The molecule has 2 rings (SSSR count). The quantitative estimate of drug-likeness (QED) is 0.902. The van der Waals surface area contributed by atoms with Gasteiger partial charge < -0.3 is 20.1 Å². The second-order valence-electron chi connectivity index (χ2n) is 5.76. The maximum absolute atomic E-state index is 12.7. The maximum atomic E-state index is 12.7. The summed E-state index contributed by atoms with van der Waals surface area (Å²) < 4.78 is 34.1. The molecule has 1 amide bonds. The van der Waals surface area contributed by atoms with Crippen LogP contribution in [0.15, 0.2) is 18.2 Å². The standard InChI is InChI=1S/C16H22F2N2O3/c1-10-5-6-20(12(7-10)9-19)15(21)11-3-4-13(23-16(17)18)14(8-11)22-2/h3-4,8,10,12,16H,5-7,9,19H2,1-2H3. The van der Waals surface area contributed by atoms with Gasteiger partial charge in [0, 0.05) is 24.7 Å². The van der Waals surface area contributed by atoms with Crippen LogP contribution in [0.25, 0.3) is 0 Å². The van der Waals surface area contributed by atoms with E-state index in [4.69, 9.17) is 10.5 Å².